The number of hydrogen-bond acceptors (Lipinski definition) is 4. The molecule has 84 valence electrons. The van der Waals surface area contributed by atoms with Crippen LogP contribution in [0.2, 0.25) is 5.15 Å². The Hall–Kier alpha value is -1.01. The second-order valence-corrected chi connectivity index (χ2v) is 3.51. The van der Waals surface area contributed by atoms with E-state index in [4.69, 9.17) is 17.3 Å². The largest absolute Gasteiger partial charge is 0.362 e. The zero-order chi connectivity index (χ0) is 11.6. The summed E-state index contributed by atoms with van der Waals surface area (Å²) in [5.74, 6) is 0.308. The molecule has 0 spiro atoms. The maximum Gasteiger partial charge on any atom is 0.257 e. The third kappa shape index (κ3) is 2.51. The van der Waals surface area contributed by atoms with Gasteiger partial charge in [0.25, 0.3) is 6.43 Å². The minimum atomic E-state index is -2.70. The molecule has 1 rings (SSSR count). The lowest BCUT2D eigenvalue weighted by molar-refractivity contribution is 0.116. The number of alkyl halides is 2. The highest BCUT2D eigenvalue weighted by molar-refractivity contribution is 6.30. The molecule has 0 aliphatic rings. The van der Waals surface area contributed by atoms with Crippen molar-refractivity contribution >= 4 is 17.4 Å². The predicted octanol–water partition coefficient (Wildman–Crippen LogP) is 1.46. The maximum atomic E-state index is 12.5. The van der Waals surface area contributed by atoms with Gasteiger partial charge in [0.15, 0.2) is 0 Å². The minimum Gasteiger partial charge on any atom is -0.362 e. The van der Waals surface area contributed by atoms with Gasteiger partial charge in [0, 0.05) is 14.1 Å². The molecule has 1 aromatic heterocycles. The molecular formula is C8H11ClF2N4. The lowest BCUT2D eigenvalue weighted by Crippen LogP contribution is -2.24. The van der Waals surface area contributed by atoms with Gasteiger partial charge in [0.2, 0.25) is 0 Å². The van der Waals surface area contributed by atoms with E-state index in [2.05, 4.69) is 9.97 Å². The highest BCUT2D eigenvalue weighted by Crippen LogP contribution is 2.30. The summed E-state index contributed by atoms with van der Waals surface area (Å²) in [7, 11) is 3.33. The number of anilines is 1. The Kier molecular flexibility index (Phi) is 3.76. The summed E-state index contributed by atoms with van der Waals surface area (Å²) in [6.45, 7) is 0. The zero-order valence-corrected chi connectivity index (χ0v) is 9.04. The van der Waals surface area contributed by atoms with Gasteiger partial charge in [0.05, 0.1) is 11.6 Å². The topological polar surface area (TPSA) is 55.0 Å². The lowest BCUT2D eigenvalue weighted by atomic mass is 10.1. The van der Waals surface area contributed by atoms with E-state index >= 15 is 0 Å². The molecule has 15 heavy (non-hydrogen) atoms. The maximum absolute atomic E-state index is 12.5. The number of rotatable bonds is 3. The average molecular weight is 237 g/mol. The van der Waals surface area contributed by atoms with E-state index in [1.54, 1.807) is 19.0 Å². The van der Waals surface area contributed by atoms with E-state index in [1.807, 2.05) is 0 Å². The van der Waals surface area contributed by atoms with E-state index in [-0.39, 0.29) is 10.7 Å². The summed E-state index contributed by atoms with van der Waals surface area (Å²) in [5.41, 5.74) is 5.40. The molecular weight excluding hydrogens is 226 g/mol. The first kappa shape index (κ1) is 12.1. The third-order valence-electron chi connectivity index (χ3n) is 1.84. The molecule has 0 amide bonds. The van der Waals surface area contributed by atoms with Crippen molar-refractivity contribution in [3.05, 3.63) is 17.0 Å². The Bertz CT molecular complexity index is 345. The summed E-state index contributed by atoms with van der Waals surface area (Å²) in [6.07, 6.45) is -1.49. The second kappa shape index (κ2) is 4.67. The molecule has 1 heterocycles. The Balaban J connectivity index is 3.24. The van der Waals surface area contributed by atoms with Crippen molar-refractivity contribution < 1.29 is 8.78 Å². The number of nitrogens with zero attached hydrogens (tertiary/aromatic N) is 3. The molecule has 1 atom stereocenters. The Labute approximate surface area is 91.1 Å². The van der Waals surface area contributed by atoms with Crippen LogP contribution in [-0.4, -0.2) is 30.5 Å². The molecule has 0 aliphatic heterocycles. The van der Waals surface area contributed by atoms with Crippen molar-refractivity contribution in [1.29, 1.82) is 0 Å². The van der Waals surface area contributed by atoms with Gasteiger partial charge in [-0.2, -0.15) is 0 Å². The van der Waals surface area contributed by atoms with Gasteiger partial charge < -0.3 is 10.6 Å². The highest BCUT2D eigenvalue weighted by Gasteiger charge is 2.25. The summed E-state index contributed by atoms with van der Waals surface area (Å²) < 4.78 is 25.0. The zero-order valence-electron chi connectivity index (χ0n) is 8.28. The minimum absolute atomic E-state index is 0.0403. The first-order chi connectivity index (χ1) is 6.95. The molecule has 0 saturated carbocycles. The fourth-order valence-electron chi connectivity index (χ4n) is 1.13. The van der Waals surface area contributed by atoms with Crippen LogP contribution in [0.5, 0.6) is 0 Å². The van der Waals surface area contributed by atoms with Gasteiger partial charge in [-0.25, -0.2) is 18.7 Å². The van der Waals surface area contributed by atoms with Crippen LogP contribution in [-0.2, 0) is 0 Å². The van der Waals surface area contributed by atoms with Gasteiger partial charge in [-0.1, -0.05) is 11.6 Å². The van der Waals surface area contributed by atoms with Crippen LogP contribution >= 0.6 is 11.6 Å². The van der Waals surface area contributed by atoms with Crippen molar-refractivity contribution in [2.24, 2.45) is 5.73 Å². The summed E-state index contributed by atoms with van der Waals surface area (Å²) in [5, 5.41) is -0.0403. The van der Waals surface area contributed by atoms with Gasteiger partial charge in [0.1, 0.15) is 17.3 Å². The predicted molar refractivity (Wildman–Crippen MR) is 54.3 cm³/mol. The van der Waals surface area contributed by atoms with Crippen LogP contribution in [0.25, 0.3) is 0 Å². The molecule has 4 nitrogen and oxygen atoms in total. The van der Waals surface area contributed by atoms with Crippen molar-refractivity contribution in [3.8, 4) is 0 Å². The first-order valence-corrected chi connectivity index (χ1v) is 4.54. The summed E-state index contributed by atoms with van der Waals surface area (Å²) in [6, 6.07) is -1.48. The van der Waals surface area contributed by atoms with Gasteiger partial charge in [-0.15, -0.1) is 0 Å². The molecule has 0 aliphatic carbocycles. The van der Waals surface area contributed by atoms with Crippen molar-refractivity contribution in [2.75, 3.05) is 19.0 Å². The fourth-order valence-corrected chi connectivity index (χ4v) is 1.39. The highest BCUT2D eigenvalue weighted by atomic mass is 35.5. The molecule has 0 radical (unpaired) electrons. The third-order valence-corrected chi connectivity index (χ3v) is 2.14. The van der Waals surface area contributed by atoms with Crippen molar-refractivity contribution in [2.45, 2.75) is 12.5 Å². The lowest BCUT2D eigenvalue weighted by Gasteiger charge is -2.20. The van der Waals surface area contributed by atoms with Crippen LogP contribution < -0.4 is 10.6 Å². The smallest absolute Gasteiger partial charge is 0.257 e. The normalized spacial score (nSPS) is 13.0. The number of halogens is 3. The van der Waals surface area contributed by atoms with Crippen LogP contribution in [0.1, 0.15) is 11.6 Å². The SMILES string of the molecule is CN(C)c1ncnc(Cl)c1C(N)C(F)F. The summed E-state index contributed by atoms with van der Waals surface area (Å²) in [4.78, 5) is 9.06. The van der Waals surface area contributed by atoms with Crippen LogP contribution in [0.4, 0.5) is 14.6 Å². The molecule has 1 unspecified atom stereocenters. The van der Waals surface area contributed by atoms with Crippen molar-refractivity contribution in [3.63, 3.8) is 0 Å². The Morgan fingerprint density at radius 2 is 2.00 bits per heavy atom. The van der Waals surface area contributed by atoms with E-state index in [0.717, 1.165) is 0 Å². The van der Waals surface area contributed by atoms with Gasteiger partial charge in [-0.3, -0.25) is 0 Å². The first-order valence-electron chi connectivity index (χ1n) is 4.16. The number of nitrogens with two attached hydrogens (primary N) is 1. The van der Waals surface area contributed by atoms with Gasteiger partial charge >= 0.3 is 0 Å². The van der Waals surface area contributed by atoms with E-state index in [1.165, 1.54) is 6.33 Å². The molecule has 0 saturated heterocycles. The molecule has 0 fully saturated rings. The fraction of sp³-hybridized carbons (Fsp3) is 0.500. The monoisotopic (exact) mass is 236 g/mol. The molecule has 1 aromatic rings. The molecule has 0 aromatic carbocycles. The van der Waals surface area contributed by atoms with Crippen LogP contribution in [0.15, 0.2) is 6.33 Å². The number of aromatic nitrogens is 2. The molecule has 2 N–H and O–H groups in total. The molecule has 7 heteroatoms. The molecule has 0 bridgehead atoms. The quantitative estimate of drug-likeness (QED) is 0.808. The van der Waals surface area contributed by atoms with E-state index < -0.39 is 12.5 Å². The van der Waals surface area contributed by atoms with Crippen molar-refractivity contribution in [1.82, 2.24) is 9.97 Å². The van der Waals surface area contributed by atoms with Crippen LogP contribution in [0, 0.1) is 0 Å². The van der Waals surface area contributed by atoms with Gasteiger partial charge in [-0.05, 0) is 0 Å². The number of hydrogen-bond donors (Lipinski definition) is 1. The Morgan fingerprint density at radius 3 is 2.47 bits per heavy atom. The van der Waals surface area contributed by atoms with Crippen LogP contribution in [0.3, 0.4) is 0 Å². The van der Waals surface area contributed by atoms with E-state index in [9.17, 15) is 8.78 Å². The Morgan fingerprint density at radius 1 is 1.40 bits per heavy atom. The van der Waals surface area contributed by atoms with E-state index in [0.29, 0.717) is 5.82 Å². The second-order valence-electron chi connectivity index (χ2n) is 3.16. The average Bonchev–Trinajstić information content (AvgIpc) is 2.16. The standard InChI is InChI=1S/C8H11ClF2N4/c1-15(2)8-4(5(12)7(10)11)6(9)13-3-14-8/h3,5,7H,12H2,1-2H3. The summed E-state index contributed by atoms with van der Waals surface area (Å²) >= 11 is 5.72.